The van der Waals surface area contributed by atoms with Gasteiger partial charge in [-0.15, -0.1) is 0 Å². The van der Waals surface area contributed by atoms with Crippen molar-refractivity contribution in [3.63, 3.8) is 0 Å². The zero-order valence-corrected chi connectivity index (χ0v) is 19.4. The first kappa shape index (κ1) is 21.8. The van der Waals surface area contributed by atoms with Crippen LogP contribution in [0, 0.1) is 0 Å². The lowest BCUT2D eigenvalue weighted by atomic mass is 9.84. The second-order valence-corrected chi connectivity index (χ2v) is 14.6. The normalized spacial score (nSPS) is 19.0. The molecule has 1 aromatic rings. The maximum atomic E-state index is 6.37. The molecule has 3 heteroatoms. The summed E-state index contributed by atoms with van der Waals surface area (Å²) in [5.74, 6) is 3.17. The van der Waals surface area contributed by atoms with Gasteiger partial charge in [-0.1, -0.05) is 78.8 Å². The van der Waals surface area contributed by atoms with Crippen molar-refractivity contribution in [1.82, 2.24) is 0 Å². The fraction of sp³-hybridized carbons (Fsp3) is 0.583. The molecule has 0 aromatic heterocycles. The lowest BCUT2D eigenvalue weighted by Crippen LogP contribution is -2.36. The number of hydrogen-bond donors (Lipinski definition) is 0. The molecule has 1 aliphatic heterocycles. The predicted octanol–water partition coefficient (Wildman–Crippen LogP) is 7.63. The largest absolute Gasteiger partial charge is 0.497 e. The number of hydrogen-bond acceptors (Lipinski definition) is 2. The molecule has 1 unspecified atom stereocenters. The van der Waals surface area contributed by atoms with Crippen LogP contribution >= 0.6 is 0 Å². The smallest absolute Gasteiger partial charge is 0.131 e. The minimum absolute atomic E-state index is 0.278. The molecule has 0 bridgehead atoms. The number of methoxy groups -OCH3 is 1. The molecular weight excluding hydrogens is 348 g/mol. The summed E-state index contributed by atoms with van der Waals surface area (Å²) in [5.41, 5.74) is 4.78. The Morgan fingerprint density at radius 2 is 1.89 bits per heavy atom. The van der Waals surface area contributed by atoms with Gasteiger partial charge in [-0.2, -0.15) is 0 Å². The van der Waals surface area contributed by atoms with E-state index in [1.807, 2.05) is 6.07 Å². The van der Waals surface area contributed by atoms with Gasteiger partial charge in [0.25, 0.3) is 0 Å². The summed E-state index contributed by atoms with van der Waals surface area (Å²) in [6.07, 6.45) is 6.18. The van der Waals surface area contributed by atoms with Crippen molar-refractivity contribution < 1.29 is 9.47 Å². The van der Waals surface area contributed by atoms with E-state index in [1.54, 1.807) is 7.11 Å². The maximum Gasteiger partial charge on any atom is 0.131 e. The van der Waals surface area contributed by atoms with E-state index < -0.39 is 8.07 Å². The molecule has 1 aliphatic rings. The molecule has 150 valence electrons. The first-order chi connectivity index (χ1) is 12.6. The summed E-state index contributed by atoms with van der Waals surface area (Å²) in [6.45, 7) is 18.6. The first-order valence-electron chi connectivity index (χ1n) is 10.4. The predicted molar refractivity (Wildman–Crippen MR) is 120 cm³/mol. The summed E-state index contributed by atoms with van der Waals surface area (Å²) in [6, 6.07) is 6.18. The second kappa shape index (κ2) is 8.68. The van der Waals surface area contributed by atoms with E-state index in [-0.39, 0.29) is 5.04 Å². The van der Waals surface area contributed by atoms with E-state index in [9.17, 15) is 0 Å². The zero-order chi connectivity index (χ0) is 20.2. The number of benzene rings is 1. The summed E-state index contributed by atoms with van der Waals surface area (Å²) in [7, 11) is 0.102. The topological polar surface area (TPSA) is 18.5 Å². The Bertz CT molecular complexity index is 695. The highest BCUT2D eigenvalue weighted by atomic mass is 28.3. The molecule has 0 fully saturated rings. The third-order valence-electron chi connectivity index (χ3n) is 6.32. The van der Waals surface area contributed by atoms with E-state index in [0.717, 1.165) is 29.3 Å². The molecule has 27 heavy (non-hydrogen) atoms. The van der Waals surface area contributed by atoms with E-state index in [2.05, 4.69) is 65.2 Å². The van der Waals surface area contributed by atoms with Crippen LogP contribution in [0.1, 0.15) is 71.3 Å². The van der Waals surface area contributed by atoms with Crippen LogP contribution in [-0.2, 0) is 0 Å². The van der Waals surface area contributed by atoms with Crippen molar-refractivity contribution in [3.05, 3.63) is 47.4 Å². The lowest BCUT2D eigenvalue weighted by molar-refractivity contribution is 0.384. The quantitative estimate of drug-likeness (QED) is 0.354. The molecule has 1 aromatic carbocycles. The molecule has 2 nitrogen and oxygen atoms in total. The molecule has 0 spiro atoms. The average molecular weight is 387 g/mol. The average Bonchev–Trinajstić information content (AvgIpc) is 2.59. The van der Waals surface area contributed by atoms with Crippen molar-refractivity contribution in [3.8, 4) is 11.5 Å². The van der Waals surface area contributed by atoms with Gasteiger partial charge < -0.3 is 9.47 Å². The zero-order valence-electron chi connectivity index (χ0n) is 18.4. The highest BCUT2D eigenvalue weighted by Crippen LogP contribution is 2.46. The van der Waals surface area contributed by atoms with Crippen molar-refractivity contribution in [2.24, 2.45) is 0 Å². The molecule has 1 atom stereocenters. The van der Waals surface area contributed by atoms with Crippen LogP contribution < -0.4 is 9.47 Å². The third kappa shape index (κ3) is 5.07. The van der Waals surface area contributed by atoms with Gasteiger partial charge in [0.2, 0.25) is 0 Å². The minimum atomic E-state index is -1.62. The molecule has 2 rings (SSSR count). The number of ether oxygens (including phenoxy) is 2. The van der Waals surface area contributed by atoms with Gasteiger partial charge in [0.1, 0.15) is 17.3 Å². The summed E-state index contributed by atoms with van der Waals surface area (Å²) < 4.78 is 11.8. The van der Waals surface area contributed by atoms with Crippen LogP contribution in [0.5, 0.6) is 11.5 Å². The van der Waals surface area contributed by atoms with Gasteiger partial charge in [-0.3, -0.25) is 0 Å². The summed E-state index contributed by atoms with van der Waals surface area (Å²) in [4.78, 5) is 0. The monoisotopic (exact) mass is 386 g/mol. The van der Waals surface area contributed by atoms with Crippen LogP contribution in [0.15, 0.2) is 41.8 Å². The highest BCUT2D eigenvalue weighted by Gasteiger charge is 2.36. The van der Waals surface area contributed by atoms with Crippen LogP contribution in [-0.4, -0.2) is 15.2 Å². The minimum Gasteiger partial charge on any atom is -0.497 e. The van der Waals surface area contributed by atoms with Gasteiger partial charge in [0.05, 0.1) is 15.2 Å². The molecule has 0 N–H and O–H groups in total. The maximum absolute atomic E-state index is 6.37. The number of allylic oxidation sites excluding steroid dienone is 1. The van der Waals surface area contributed by atoms with Crippen LogP contribution in [0.25, 0.3) is 0 Å². The number of unbranched alkanes of at least 4 members (excludes halogenated alkanes) is 3. The van der Waals surface area contributed by atoms with E-state index in [4.69, 9.17) is 9.47 Å². The van der Waals surface area contributed by atoms with Crippen molar-refractivity contribution in [1.29, 1.82) is 0 Å². The molecule has 0 aliphatic carbocycles. The van der Waals surface area contributed by atoms with Crippen molar-refractivity contribution in [2.75, 3.05) is 7.11 Å². The fourth-order valence-corrected chi connectivity index (χ4v) is 4.67. The van der Waals surface area contributed by atoms with Gasteiger partial charge in [-0.05, 0) is 35.2 Å². The Labute approximate surface area is 167 Å². The van der Waals surface area contributed by atoms with Crippen LogP contribution in [0.4, 0.5) is 0 Å². The second-order valence-electron chi connectivity index (χ2n) is 9.41. The summed E-state index contributed by atoms with van der Waals surface area (Å²) in [5, 5.41) is 0.278. The number of rotatable bonds is 7. The van der Waals surface area contributed by atoms with Crippen LogP contribution in [0.3, 0.4) is 0 Å². The highest BCUT2D eigenvalue weighted by molar-refractivity contribution is 6.84. The molecule has 0 radical (unpaired) electrons. The summed E-state index contributed by atoms with van der Waals surface area (Å²) >= 11 is 0. The van der Waals surface area contributed by atoms with E-state index in [0.29, 0.717) is 5.92 Å². The molecule has 0 amide bonds. The Kier molecular flexibility index (Phi) is 7.01. The Hall–Kier alpha value is -1.48. The first-order valence-corrected chi connectivity index (χ1v) is 13.5. The lowest BCUT2D eigenvalue weighted by Gasteiger charge is -2.37. The Balaban J connectivity index is 2.40. The fourth-order valence-electron chi connectivity index (χ4n) is 3.33. The molecule has 0 saturated heterocycles. The molecule has 0 saturated carbocycles. The van der Waals surface area contributed by atoms with E-state index in [1.165, 1.54) is 31.2 Å². The Morgan fingerprint density at radius 1 is 1.19 bits per heavy atom. The third-order valence-corrected chi connectivity index (χ3v) is 11.2. The molecule has 1 heterocycles. The van der Waals surface area contributed by atoms with Gasteiger partial charge in [-0.25, -0.2) is 0 Å². The SMILES string of the molecule is C=C1/C(=C\[Si](C)(C)C(C)(C)C)Oc2ccc(OC)cc2C1CCCCCC. The molecular formula is C24H38O2Si. The van der Waals surface area contributed by atoms with Gasteiger partial charge in [0.15, 0.2) is 0 Å². The Morgan fingerprint density at radius 3 is 2.48 bits per heavy atom. The standard InChI is InChI=1S/C24H38O2Si/c1-9-10-11-12-13-20-18(2)23(17-27(7,8)24(3,4)5)26-22-15-14-19(25-6)16-21(20)22/h14-17,20H,2,9-13H2,1,3-8H3/b23-17+. The van der Waals surface area contributed by atoms with E-state index >= 15 is 0 Å². The van der Waals surface area contributed by atoms with Crippen molar-refractivity contribution >= 4 is 8.07 Å². The number of fused-ring (bicyclic) bond motifs is 1. The van der Waals surface area contributed by atoms with Gasteiger partial charge in [0, 0.05) is 11.5 Å². The van der Waals surface area contributed by atoms with Crippen molar-refractivity contribution in [2.45, 2.75) is 83.8 Å². The van der Waals surface area contributed by atoms with Crippen LogP contribution in [0.2, 0.25) is 18.1 Å². The van der Waals surface area contributed by atoms with Gasteiger partial charge >= 0.3 is 0 Å².